The summed E-state index contributed by atoms with van der Waals surface area (Å²) in [6.45, 7) is 10.9. The number of oxazole rings is 1. The molecule has 3 N–H and O–H groups in total. The lowest BCUT2D eigenvalue weighted by Crippen LogP contribution is -2.45. The van der Waals surface area contributed by atoms with Crippen LogP contribution in [0.5, 0.6) is 0 Å². The highest BCUT2D eigenvalue weighted by molar-refractivity contribution is 5.96. The molecule has 0 aliphatic carbocycles. The number of hydrogen-bond donors (Lipinski definition) is 2. The molecule has 0 bridgehead atoms. The SMILES string of the molecule is C=C(C)c1nc(/C(N)=C/C(=O)N[C@@H](COC(C)(C)C)C(=O)OC)co1. The highest BCUT2D eigenvalue weighted by Gasteiger charge is 2.24. The molecule has 0 saturated heterocycles. The van der Waals surface area contributed by atoms with Crippen molar-refractivity contribution in [1.82, 2.24) is 10.3 Å². The first-order valence-electron chi connectivity index (χ1n) is 7.64. The number of amides is 1. The van der Waals surface area contributed by atoms with Crippen molar-refractivity contribution in [2.24, 2.45) is 5.73 Å². The van der Waals surface area contributed by atoms with E-state index >= 15 is 0 Å². The fraction of sp³-hybridized carbons (Fsp3) is 0.471. The van der Waals surface area contributed by atoms with Crippen LogP contribution in [0, 0.1) is 0 Å². The molecule has 1 rings (SSSR count). The second-order valence-corrected chi connectivity index (χ2v) is 6.43. The van der Waals surface area contributed by atoms with Crippen molar-refractivity contribution >= 4 is 23.1 Å². The first-order valence-corrected chi connectivity index (χ1v) is 7.64. The number of esters is 1. The van der Waals surface area contributed by atoms with Crippen LogP contribution in [0.1, 0.15) is 39.3 Å². The molecular formula is C17H25N3O5. The van der Waals surface area contributed by atoms with E-state index in [2.05, 4.69) is 21.6 Å². The summed E-state index contributed by atoms with van der Waals surface area (Å²) in [5.41, 5.74) is 6.40. The number of aromatic nitrogens is 1. The molecule has 0 saturated carbocycles. The van der Waals surface area contributed by atoms with Gasteiger partial charge in [0.05, 0.1) is 25.0 Å². The van der Waals surface area contributed by atoms with E-state index in [9.17, 15) is 9.59 Å². The molecule has 1 aromatic rings. The molecule has 0 radical (unpaired) electrons. The predicted molar refractivity (Wildman–Crippen MR) is 93.0 cm³/mol. The minimum atomic E-state index is -0.955. The molecule has 0 fully saturated rings. The molecule has 1 aromatic heterocycles. The summed E-state index contributed by atoms with van der Waals surface area (Å²) in [7, 11) is 1.23. The number of carbonyl (C=O) groups is 2. The standard InChI is InChI=1S/C17H25N3O5/c1-10(2)15-20-12(8-24-15)11(18)7-14(21)19-13(16(22)23-6)9-25-17(3,4)5/h7-8,13H,1,9,18H2,2-6H3,(H,19,21)/b11-7-/t13-/m0/s1. The molecular weight excluding hydrogens is 326 g/mol. The summed E-state index contributed by atoms with van der Waals surface area (Å²) >= 11 is 0. The van der Waals surface area contributed by atoms with Gasteiger partial charge in [0, 0.05) is 11.6 Å². The van der Waals surface area contributed by atoms with Gasteiger partial charge in [0.2, 0.25) is 11.8 Å². The molecule has 0 aliphatic heterocycles. The van der Waals surface area contributed by atoms with Crippen LogP contribution in [0.2, 0.25) is 0 Å². The number of rotatable bonds is 7. The summed E-state index contributed by atoms with van der Waals surface area (Å²) < 4.78 is 15.4. The van der Waals surface area contributed by atoms with Crippen molar-refractivity contribution < 1.29 is 23.5 Å². The van der Waals surface area contributed by atoms with Crippen LogP contribution < -0.4 is 11.1 Å². The first kappa shape index (κ1) is 20.4. The topological polar surface area (TPSA) is 117 Å². The molecule has 0 aliphatic rings. The van der Waals surface area contributed by atoms with E-state index in [0.717, 1.165) is 6.08 Å². The highest BCUT2D eigenvalue weighted by atomic mass is 16.5. The van der Waals surface area contributed by atoms with Gasteiger partial charge < -0.3 is 24.9 Å². The van der Waals surface area contributed by atoms with Gasteiger partial charge in [-0.2, -0.15) is 0 Å². The van der Waals surface area contributed by atoms with Crippen molar-refractivity contribution in [1.29, 1.82) is 0 Å². The molecule has 0 aromatic carbocycles. The van der Waals surface area contributed by atoms with Crippen molar-refractivity contribution in [3.8, 4) is 0 Å². The second kappa shape index (κ2) is 8.48. The monoisotopic (exact) mass is 351 g/mol. The fourth-order valence-corrected chi connectivity index (χ4v) is 1.68. The summed E-state index contributed by atoms with van der Waals surface area (Å²) in [6.07, 6.45) is 2.44. The molecule has 8 heteroatoms. The van der Waals surface area contributed by atoms with E-state index in [1.54, 1.807) is 6.92 Å². The molecule has 25 heavy (non-hydrogen) atoms. The molecule has 1 amide bonds. The lowest BCUT2D eigenvalue weighted by atomic mass is 10.2. The van der Waals surface area contributed by atoms with E-state index in [4.69, 9.17) is 14.9 Å². The van der Waals surface area contributed by atoms with Crippen LogP contribution in [-0.2, 0) is 19.1 Å². The first-order chi connectivity index (χ1) is 11.5. The largest absolute Gasteiger partial charge is 0.467 e. The van der Waals surface area contributed by atoms with Crippen LogP contribution in [0.3, 0.4) is 0 Å². The van der Waals surface area contributed by atoms with Crippen molar-refractivity contribution in [2.75, 3.05) is 13.7 Å². The minimum absolute atomic E-state index is 0.0283. The van der Waals surface area contributed by atoms with Crippen LogP contribution in [0.15, 0.2) is 23.3 Å². The van der Waals surface area contributed by atoms with E-state index in [0.29, 0.717) is 17.2 Å². The quantitative estimate of drug-likeness (QED) is 0.564. The average molecular weight is 351 g/mol. The number of nitrogens with zero attached hydrogens (tertiary/aromatic N) is 1. The van der Waals surface area contributed by atoms with Crippen molar-refractivity contribution in [2.45, 2.75) is 39.3 Å². The number of hydrogen-bond acceptors (Lipinski definition) is 7. The molecule has 1 atom stereocenters. The van der Waals surface area contributed by atoms with Crippen LogP contribution >= 0.6 is 0 Å². The van der Waals surface area contributed by atoms with E-state index in [-0.39, 0.29) is 12.3 Å². The number of nitrogens with two attached hydrogens (primary N) is 1. The number of nitrogens with one attached hydrogen (secondary N) is 1. The van der Waals surface area contributed by atoms with Gasteiger partial charge in [-0.3, -0.25) is 4.79 Å². The molecule has 8 nitrogen and oxygen atoms in total. The van der Waals surface area contributed by atoms with Gasteiger partial charge in [0.15, 0.2) is 6.04 Å². The van der Waals surface area contributed by atoms with Crippen molar-refractivity contribution in [3.05, 3.63) is 30.5 Å². The Balaban J connectivity index is 2.80. The normalized spacial score (nSPS) is 13.2. The van der Waals surface area contributed by atoms with Gasteiger partial charge in [-0.05, 0) is 27.7 Å². The lowest BCUT2D eigenvalue weighted by Gasteiger charge is -2.23. The summed E-state index contributed by atoms with van der Waals surface area (Å²) in [6, 6.07) is -0.955. The van der Waals surface area contributed by atoms with Gasteiger partial charge in [-0.15, -0.1) is 0 Å². The third kappa shape index (κ3) is 6.80. The third-order valence-corrected chi connectivity index (χ3v) is 2.94. The number of carbonyl (C=O) groups excluding carboxylic acids is 2. The van der Waals surface area contributed by atoms with E-state index < -0.39 is 23.5 Å². The maximum Gasteiger partial charge on any atom is 0.330 e. The Bertz CT molecular complexity index is 670. The zero-order chi connectivity index (χ0) is 19.2. The summed E-state index contributed by atoms with van der Waals surface area (Å²) in [5, 5.41) is 2.50. The zero-order valence-electron chi connectivity index (χ0n) is 15.2. The highest BCUT2D eigenvalue weighted by Crippen LogP contribution is 2.14. The summed E-state index contributed by atoms with van der Waals surface area (Å²) in [5.74, 6) is -0.862. The third-order valence-electron chi connectivity index (χ3n) is 2.94. The number of allylic oxidation sites excluding steroid dienone is 1. The lowest BCUT2D eigenvalue weighted by molar-refractivity contribution is -0.148. The second-order valence-electron chi connectivity index (χ2n) is 6.43. The van der Waals surface area contributed by atoms with E-state index in [1.807, 2.05) is 20.8 Å². The Kier molecular flexibility index (Phi) is 6.93. The van der Waals surface area contributed by atoms with Crippen LogP contribution in [0.25, 0.3) is 11.3 Å². The Morgan fingerprint density at radius 3 is 2.60 bits per heavy atom. The maximum atomic E-state index is 12.1. The Morgan fingerprint density at radius 2 is 2.12 bits per heavy atom. The fourth-order valence-electron chi connectivity index (χ4n) is 1.68. The number of methoxy groups -OCH3 is 1. The Morgan fingerprint density at radius 1 is 1.48 bits per heavy atom. The minimum Gasteiger partial charge on any atom is -0.467 e. The Labute approximate surface area is 147 Å². The van der Waals surface area contributed by atoms with Gasteiger partial charge in [0.25, 0.3) is 0 Å². The summed E-state index contributed by atoms with van der Waals surface area (Å²) in [4.78, 5) is 28.0. The molecule has 1 heterocycles. The average Bonchev–Trinajstić information content (AvgIpc) is 3.00. The van der Waals surface area contributed by atoms with Gasteiger partial charge >= 0.3 is 5.97 Å². The van der Waals surface area contributed by atoms with Gasteiger partial charge in [0.1, 0.15) is 12.0 Å². The van der Waals surface area contributed by atoms with Crippen LogP contribution in [-0.4, -0.2) is 42.2 Å². The van der Waals surface area contributed by atoms with Gasteiger partial charge in [-0.25, -0.2) is 9.78 Å². The maximum absolute atomic E-state index is 12.1. The molecule has 0 spiro atoms. The molecule has 0 unspecified atom stereocenters. The van der Waals surface area contributed by atoms with E-state index in [1.165, 1.54) is 13.4 Å². The van der Waals surface area contributed by atoms with Crippen molar-refractivity contribution in [3.63, 3.8) is 0 Å². The smallest absolute Gasteiger partial charge is 0.330 e. The van der Waals surface area contributed by atoms with Crippen LogP contribution in [0.4, 0.5) is 0 Å². The molecule has 138 valence electrons. The van der Waals surface area contributed by atoms with Gasteiger partial charge in [-0.1, -0.05) is 6.58 Å². The predicted octanol–water partition coefficient (Wildman–Crippen LogP) is 1.48. The zero-order valence-corrected chi connectivity index (χ0v) is 15.2. The number of ether oxygens (including phenoxy) is 2. The Hall–Kier alpha value is -2.61.